The summed E-state index contributed by atoms with van der Waals surface area (Å²) in [5, 5.41) is 0. The Balaban J connectivity index is 2.05. The van der Waals surface area contributed by atoms with Gasteiger partial charge in [-0.3, -0.25) is 4.79 Å². The van der Waals surface area contributed by atoms with Gasteiger partial charge in [-0.2, -0.15) is 0 Å². The van der Waals surface area contributed by atoms with Gasteiger partial charge >= 0.3 is 0 Å². The lowest BCUT2D eigenvalue weighted by molar-refractivity contribution is -0.115. The molecular weight excluding hydrogens is 196 g/mol. The summed E-state index contributed by atoms with van der Waals surface area (Å²) in [6.07, 6.45) is 6.71. The summed E-state index contributed by atoms with van der Waals surface area (Å²) in [6.45, 7) is 2.16. The normalized spacial score (nSPS) is 16.1. The highest BCUT2D eigenvalue weighted by atomic mass is 16.1. The van der Waals surface area contributed by atoms with E-state index in [1.54, 1.807) is 0 Å². The summed E-state index contributed by atoms with van der Waals surface area (Å²) in [7, 11) is 0. The van der Waals surface area contributed by atoms with Crippen LogP contribution in [-0.4, -0.2) is 5.78 Å². The van der Waals surface area contributed by atoms with E-state index in [0.717, 1.165) is 32.1 Å². The van der Waals surface area contributed by atoms with Crippen molar-refractivity contribution < 1.29 is 4.79 Å². The van der Waals surface area contributed by atoms with Crippen molar-refractivity contribution in [2.24, 2.45) is 0 Å². The minimum absolute atomic E-state index is 0.298. The number of carbonyl (C=O) groups excluding carboxylic acids is 1. The molecule has 0 saturated heterocycles. The molecule has 1 aliphatic rings. The average Bonchev–Trinajstić information content (AvgIpc) is 2.30. The zero-order valence-electron chi connectivity index (χ0n) is 9.83. The van der Waals surface area contributed by atoms with Crippen LogP contribution >= 0.6 is 0 Å². The van der Waals surface area contributed by atoms with Gasteiger partial charge in [-0.05, 0) is 42.9 Å². The highest BCUT2D eigenvalue weighted by Crippen LogP contribution is 2.19. The van der Waals surface area contributed by atoms with E-state index in [1.165, 1.54) is 16.7 Å². The first-order valence-corrected chi connectivity index (χ1v) is 6.08. The van der Waals surface area contributed by atoms with E-state index in [1.807, 2.05) is 6.08 Å². The second kappa shape index (κ2) is 5.11. The molecule has 84 valence electrons. The molecule has 0 unspecified atom stereocenters. The molecule has 1 heteroatoms. The van der Waals surface area contributed by atoms with Crippen molar-refractivity contribution >= 4 is 5.78 Å². The first-order valence-electron chi connectivity index (χ1n) is 6.08. The van der Waals surface area contributed by atoms with Crippen molar-refractivity contribution in [1.29, 1.82) is 0 Å². The van der Waals surface area contributed by atoms with Crippen LogP contribution < -0.4 is 0 Å². The molecule has 1 aromatic carbocycles. The van der Waals surface area contributed by atoms with Crippen LogP contribution in [0.4, 0.5) is 0 Å². The van der Waals surface area contributed by atoms with Crippen molar-refractivity contribution in [3.63, 3.8) is 0 Å². The maximum absolute atomic E-state index is 11.3. The van der Waals surface area contributed by atoms with E-state index in [9.17, 15) is 4.79 Å². The van der Waals surface area contributed by atoms with Crippen LogP contribution in [0.15, 0.2) is 35.9 Å². The summed E-state index contributed by atoms with van der Waals surface area (Å²) >= 11 is 0. The lowest BCUT2D eigenvalue weighted by atomic mass is 9.93. The third-order valence-corrected chi connectivity index (χ3v) is 3.15. The quantitative estimate of drug-likeness (QED) is 0.753. The fourth-order valence-electron chi connectivity index (χ4n) is 2.16. The molecule has 16 heavy (non-hydrogen) atoms. The Morgan fingerprint density at radius 3 is 2.38 bits per heavy atom. The van der Waals surface area contributed by atoms with E-state index in [0.29, 0.717) is 5.78 Å². The molecule has 0 saturated carbocycles. The van der Waals surface area contributed by atoms with Crippen molar-refractivity contribution in [2.45, 2.75) is 39.0 Å². The lowest BCUT2D eigenvalue weighted by Gasteiger charge is -2.12. The smallest absolute Gasteiger partial charge is 0.155 e. The standard InChI is InChI=1S/C15H18O/c1-2-12-6-8-13(9-7-12)10-14-4-3-5-15(16)11-14/h6-9,11H,2-5,10H2,1H3. The Kier molecular flexibility index (Phi) is 3.55. The van der Waals surface area contributed by atoms with Crippen LogP contribution in [0.5, 0.6) is 0 Å². The zero-order chi connectivity index (χ0) is 11.4. The Bertz CT molecular complexity index is 398. The Labute approximate surface area is 97.2 Å². The predicted octanol–water partition coefficient (Wildman–Crippen LogP) is 3.47. The van der Waals surface area contributed by atoms with Crippen LogP contribution in [0.2, 0.25) is 0 Å². The predicted molar refractivity (Wildman–Crippen MR) is 66.5 cm³/mol. The van der Waals surface area contributed by atoms with Gasteiger partial charge in [0.25, 0.3) is 0 Å². The van der Waals surface area contributed by atoms with Gasteiger partial charge in [0.2, 0.25) is 0 Å². The fraction of sp³-hybridized carbons (Fsp3) is 0.400. The molecule has 0 spiro atoms. The van der Waals surface area contributed by atoms with Gasteiger partial charge in [0.05, 0.1) is 0 Å². The van der Waals surface area contributed by atoms with Gasteiger partial charge < -0.3 is 0 Å². The maximum atomic E-state index is 11.3. The van der Waals surface area contributed by atoms with Crippen molar-refractivity contribution in [1.82, 2.24) is 0 Å². The monoisotopic (exact) mass is 214 g/mol. The van der Waals surface area contributed by atoms with E-state index < -0.39 is 0 Å². The molecule has 0 amide bonds. The molecular formula is C15H18O. The number of allylic oxidation sites excluding steroid dienone is 2. The highest BCUT2D eigenvalue weighted by molar-refractivity contribution is 5.91. The van der Waals surface area contributed by atoms with Crippen molar-refractivity contribution in [2.75, 3.05) is 0 Å². The van der Waals surface area contributed by atoms with Gasteiger partial charge in [-0.25, -0.2) is 0 Å². The summed E-state index contributed by atoms with van der Waals surface area (Å²) in [5.41, 5.74) is 3.98. The van der Waals surface area contributed by atoms with Crippen LogP contribution in [0.3, 0.4) is 0 Å². The molecule has 0 fully saturated rings. The summed E-state index contributed by atoms with van der Waals surface area (Å²) < 4.78 is 0. The molecule has 0 atom stereocenters. The van der Waals surface area contributed by atoms with Crippen molar-refractivity contribution in [3.8, 4) is 0 Å². The Morgan fingerprint density at radius 2 is 1.75 bits per heavy atom. The number of aryl methyl sites for hydroxylation is 1. The number of hydrogen-bond donors (Lipinski definition) is 0. The zero-order valence-corrected chi connectivity index (χ0v) is 9.83. The number of benzene rings is 1. The molecule has 0 aromatic heterocycles. The number of rotatable bonds is 3. The minimum Gasteiger partial charge on any atom is -0.295 e. The van der Waals surface area contributed by atoms with Crippen LogP contribution in [0.1, 0.15) is 37.3 Å². The highest BCUT2D eigenvalue weighted by Gasteiger charge is 2.09. The van der Waals surface area contributed by atoms with Crippen LogP contribution in [-0.2, 0) is 17.6 Å². The minimum atomic E-state index is 0.298. The number of carbonyl (C=O) groups is 1. The molecule has 0 N–H and O–H groups in total. The van der Waals surface area contributed by atoms with E-state index >= 15 is 0 Å². The van der Waals surface area contributed by atoms with Gasteiger partial charge in [0.1, 0.15) is 0 Å². The SMILES string of the molecule is CCc1ccc(CC2=CC(=O)CCC2)cc1. The second-order valence-corrected chi connectivity index (χ2v) is 4.47. The van der Waals surface area contributed by atoms with Gasteiger partial charge in [-0.15, -0.1) is 0 Å². The molecule has 1 nitrogen and oxygen atoms in total. The lowest BCUT2D eigenvalue weighted by Crippen LogP contribution is -2.04. The van der Waals surface area contributed by atoms with Crippen LogP contribution in [0, 0.1) is 0 Å². The summed E-state index contributed by atoms with van der Waals surface area (Å²) in [6, 6.07) is 8.72. The average molecular weight is 214 g/mol. The third kappa shape index (κ3) is 2.82. The van der Waals surface area contributed by atoms with E-state index in [-0.39, 0.29) is 0 Å². The van der Waals surface area contributed by atoms with Crippen LogP contribution in [0.25, 0.3) is 0 Å². The van der Waals surface area contributed by atoms with Gasteiger partial charge in [-0.1, -0.05) is 36.8 Å². The first-order chi connectivity index (χ1) is 7.78. The van der Waals surface area contributed by atoms with Crippen molar-refractivity contribution in [3.05, 3.63) is 47.0 Å². The number of ketones is 1. The topological polar surface area (TPSA) is 17.1 Å². The molecule has 0 radical (unpaired) electrons. The Hall–Kier alpha value is -1.37. The second-order valence-electron chi connectivity index (χ2n) is 4.47. The number of hydrogen-bond acceptors (Lipinski definition) is 1. The summed E-state index contributed by atoms with van der Waals surface area (Å²) in [4.78, 5) is 11.3. The molecule has 2 rings (SSSR count). The molecule has 1 aromatic rings. The Morgan fingerprint density at radius 1 is 1.06 bits per heavy atom. The molecule has 1 aliphatic carbocycles. The molecule has 0 heterocycles. The molecule has 0 bridgehead atoms. The largest absolute Gasteiger partial charge is 0.295 e. The summed E-state index contributed by atoms with van der Waals surface area (Å²) in [5.74, 6) is 0.298. The maximum Gasteiger partial charge on any atom is 0.155 e. The van der Waals surface area contributed by atoms with Gasteiger partial charge in [0, 0.05) is 6.42 Å². The first kappa shape index (κ1) is 11.1. The van der Waals surface area contributed by atoms with Gasteiger partial charge in [0.15, 0.2) is 5.78 Å². The molecule has 0 aliphatic heterocycles. The van der Waals surface area contributed by atoms with E-state index in [2.05, 4.69) is 31.2 Å². The fourth-order valence-corrected chi connectivity index (χ4v) is 2.16. The third-order valence-electron chi connectivity index (χ3n) is 3.15. The van der Waals surface area contributed by atoms with E-state index in [4.69, 9.17) is 0 Å².